The molecule has 1 aliphatic heterocycles. The number of rotatable bonds is 3. The molecule has 0 nitrogen and oxygen atoms in total. The van der Waals surface area contributed by atoms with Gasteiger partial charge in [-0.1, -0.05) is 153 Å². The second-order valence-electron chi connectivity index (χ2n) is 12.1. The van der Waals surface area contributed by atoms with E-state index in [0.29, 0.717) is 0 Å². The van der Waals surface area contributed by atoms with Crippen molar-refractivity contribution in [3.63, 3.8) is 0 Å². The zero-order valence-corrected chi connectivity index (χ0v) is 27.5. The largest absolute Gasteiger partial charge is 0.135 e. The van der Waals surface area contributed by atoms with Crippen LogP contribution < -0.4 is 15.7 Å². The van der Waals surface area contributed by atoms with Crippen molar-refractivity contribution < 1.29 is 0 Å². The molecule has 0 aliphatic carbocycles. The monoisotopic (exact) mass is 614 g/mol. The van der Waals surface area contributed by atoms with Gasteiger partial charge in [0.25, 0.3) is 0 Å². The molecule has 0 unspecified atom stereocenters. The number of fused-ring (bicyclic) bond motifs is 10. The molecule has 0 amide bonds. The predicted molar refractivity (Wildman–Crippen MR) is 199 cm³/mol. The Hall–Kier alpha value is -4.07. The third-order valence-corrected chi connectivity index (χ3v) is 16.7. The minimum absolute atomic E-state index is 0.446. The second kappa shape index (κ2) is 10.5. The average Bonchev–Trinajstić information content (AvgIpc) is 3.37. The summed E-state index contributed by atoms with van der Waals surface area (Å²) in [4.78, 5) is 0. The number of benzene rings is 7. The fourth-order valence-electron chi connectivity index (χ4n) is 7.54. The zero-order chi connectivity index (χ0) is 29.2. The lowest BCUT2D eigenvalue weighted by Crippen LogP contribution is -2.46. The lowest BCUT2D eigenvalue weighted by atomic mass is 9.88. The van der Waals surface area contributed by atoms with Crippen molar-refractivity contribution in [3.05, 3.63) is 151 Å². The van der Waals surface area contributed by atoms with Crippen LogP contribution in [0.2, 0.25) is 6.55 Å². The van der Waals surface area contributed by atoms with E-state index in [-0.39, 0.29) is 0 Å². The van der Waals surface area contributed by atoms with Crippen LogP contribution in [0, 0.1) is 0 Å². The molecule has 1 aromatic heterocycles. The van der Waals surface area contributed by atoms with Crippen LogP contribution in [-0.2, 0) is 12.3 Å². The van der Waals surface area contributed by atoms with Crippen molar-refractivity contribution in [2.45, 2.75) is 18.9 Å². The highest BCUT2D eigenvalue weighted by molar-refractivity contribution is 7.64. The second-order valence-corrected chi connectivity index (χ2v) is 18.0. The summed E-state index contributed by atoms with van der Waals surface area (Å²) in [6.07, 6.45) is 2.23. The van der Waals surface area contributed by atoms with Crippen molar-refractivity contribution >= 4 is 85.5 Å². The highest BCUT2D eigenvalue weighted by Gasteiger charge is 2.28. The van der Waals surface area contributed by atoms with Crippen molar-refractivity contribution in [2.24, 2.45) is 0 Å². The van der Waals surface area contributed by atoms with Gasteiger partial charge in [0.15, 0.2) is 0 Å². The van der Waals surface area contributed by atoms with Crippen LogP contribution in [-0.4, -0.2) is 8.80 Å². The van der Waals surface area contributed by atoms with Gasteiger partial charge in [-0.2, -0.15) is 0 Å². The summed E-state index contributed by atoms with van der Waals surface area (Å²) in [6, 6.07) is 53.0. The Labute approximate surface area is 265 Å². The molecular weight excluding hydrogens is 584 g/mol. The molecule has 210 valence electrons. The van der Waals surface area contributed by atoms with Crippen LogP contribution in [0.25, 0.3) is 52.8 Å². The van der Waals surface area contributed by atoms with Crippen molar-refractivity contribution in [1.29, 1.82) is 0 Å². The van der Waals surface area contributed by atoms with Gasteiger partial charge in [0.2, 0.25) is 0 Å². The molecule has 3 heteroatoms. The van der Waals surface area contributed by atoms with Gasteiger partial charge >= 0.3 is 0 Å². The van der Waals surface area contributed by atoms with Gasteiger partial charge in [0.05, 0.1) is 0 Å². The van der Waals surface area contributed by atoms with Crippen molar-refractivity contribution in [3.8, 4) is 11.1 Å². The fraction of sp³-hybridized carbons (Fsp3) is 0.0732. The Morgan fingerprint density at radius 2 is 1.05 bits per heavy atom. The first-order chi connectivity index (χ1) is 21.7. The highest BCUT2D eigenvalue weighted by Crippen LogP contribution is 2.52. The van der Waals surface area contributed by atoms with Crippen LogP contribution in [0.1, 0.15) is 11.1 Å². The first kappa shape index (κ1) is 26.3. The first-order valence-electron chi connectivity index (χ1n) is 15.5. The summed E-state index contributed by atoms with van der Waals surface area (Å²) in [5, 5.41) is 13.0. The molecular formula is C41H31PSSi. The lowest BCUT2D eigenvalue weighted by Gasteiger charge is -2.24. The van der Waals surface area contributed by atoms with Crippen LogP contribution in [0.4, 0.5) is 0 Å². The molecule has 1 atom stereocenters. The quantitative estimate of drug-likeness (QED) is 0.137. The smallest absolute Gasteiger partial charge is 0.102 e. The van der Waals surface area contributed by atoms with E-state index in [4.69, 9.17) is 0 Å². The Morgan fingerprint density at radius 3 is 1.75 bits per heavy atom. The summed E-state index contributed by atoms with van der Waals surface area (Å²) in [6.45, 7) is 2.56. The first-order valence-corrected chi connectivity index (χ1v) is 20.3. The molecule has 9 rings (SSSR count). The zero-order valence-electron chi connectivity index (χ0n) is 24.6. The molecule has 8 aromatic rings. The van der Waals surface area contributed by atoms with E-state index in [1.165, 1.54) is 64.0 Å². The van der Waals surface area contributed by atoms with Crippen molar-refractivity contribution in [1.82, 2.24) is 0 Å². The maximum Gasteiger partial charge on any atom is 0.102 e. The van der Waals surface area contributed by atoms with Gasteiger partial charge in [-0.15, -0.1) is 11.3 Å². The molecule has 0 saturated carbocycles. The Balaban J connectivity index is 1.24. The van der Waals surface area contributed by atoms with E-state index < -0.39 is 16.7 Å². The molecule has 7 aromatic carbocycles. The minimum atomic E-state index is -1.48. The van der Waals surface area contributed by atoms with E-state index in [2.05, 4.69) is 146 Å². The molecule has 0 N–H and O–H groups in total. The molecule has 2 heterocycles. The normalized spacial score (nSPS) is 14.1. The van der Waals surface area contributed by atoms with Gasteiger partial charge in [0, 0.05) is 20.2 Å². The van der Waals surface area contributed by atoms with E-state index >= 15 is 0 Å². The Kier molecular flexibility index (Phi) is 6.30. The number of hydrogen-bond acceptors (Lipinski definition) is 1. The van der Waals surface area contributed by atoms with Gasteiger partial charge in [-0.05, 0) is 72.7 Å². The van der Waals surface area contributed by atoms with Gasteiger partial charge in [0.1, 0.15) is 8.80 Å². The molecule has 0 radical (unpaired) electrons. The molecule has 0 bridgehead atoms. The van der Waals surface area contributed by atoms with Gasteiger partial charge < -0.3 is 0 Å². The maximum atomic E-state index is 2.56. The third kappa shape index (κ3) is 4.13. The SMILES string of the molecule is C[Si@@H](c1ccccc1P1Cc2ccc3ccccc3c2-c2c(ccc3ccccc23)C1)c1cccc2c1sc1ccccc12. The summed E-state index contributed by atoms with van der Waals surface area (Å²) >= 11 is 1.98. The number of hydrogen-bond donors (Lipinski definition) is 0. The van der Waals surface area contributed by atoms with E-state index in [0.717, 1.165) is 12.3 Å². The fourth-order valence-corrected chi connectivity index (χ4v) is 15.3. The van der Waals surface area contributed by atoms with Crippen molar-refractivity contribution in [2.75, 3.05) is 0 Å². The molecule has 1 aliphatic rings. The Bertz CT molecular complexity index is 2300. The van der Waals surface area contributed by atoms with Crippen LogP contribution in [0.3, 0.4) is 0 Å². The van der Waals surface area contributed by atoms with Crippen LogP contribution >= 0.6 is 19.3 Å². The molecule has 0 fully saturated rings. The Morgan fingerprint density at radius 1 is 0.500 bits per heavy atom. The summed E-state index contributed by atoms with van der Waals surface area (Å²) < 4.78 is 2.88. The molecule has 44 heavy (non-hydrogen) atoms. The average molecular weight is 615 g/mol. The van der Waals surface area contributed by atoms with E-state index in [9.17, 15) is 0 Å². The molecule has 0 saturated heterocycles. The summed E-state index contributed by atoms with van der Waals surface area (Å²) in [5.74, 6) is 0. The standard InChI is InChI=1S/C41H31PSSi/c1-44(38-20-10-16-34-33-15-6-8-18-36(33)43-41(34)38)37-19-9-7-17-35(37)42-25-29-23-21-27-11-2-4-13-31(27)39(29)40-30(26-42)24-22-28-12-3-5-14-32(28)40/h2-24,44H,25-26H2,1H3/t44-/m0/s1. The topological polar surface area (TPSA) is 0 Å². The maximum absolute atomic E-state index is 2.56. The lowest BCUT2D eigenvalue weighted by molar-refractivity contribution is 1.40. The number of thiophene rings is 1. The van der Waals surface area contributed by atoms with Crippen LogP contribution in [0.15, 0.2) is 140 Å². The minimum Gasteiger partial charge on any atom is -0.135 e. The van der Waals surface area contributed by atoms with Gasteiger partial charge in [-0.25, -0.2) is 0 Å². The van der Waals surface area contributed by atoms with E-state index in [1.54, 1.807) is 15.7 Å². The molecule has 0 spiro atoms. The highest BCUT2D eigenvalue weighted by atomic mass is 32.1. The summed E-state index contributed by atoms with van der Waals surface area (Å²) in [7, 11) is -1.92. The van der Waals surface area contributed by atoms with Gasteiger partial charge in [-0.3, -0.25) is 0 Å². The summed E-state index contributed by atoms with van der Waals surface area (Å²) in [5.41, 5.74) is 5.91. The van der Waals surface area contributed by atoms with Crippen LogP contribution in [0.5, 0.6) is 0 Å². The predicted octanol–water partition coefficient (Wildman–Crippen LogP) is 9.82. The third-order valence-electron chi connectivity index (χ3n) is 9.65. The van der Waals surface area contributed by atoms with E-state index in [1.807, 2.05) is 11.3 Å².